The smallest absolute Gasteiger partial charge is 0.397 e. The van der Waals surface area contributed by atoms with Crippen LogP contribution in [0.4, 0.5) is 28.9 Å². The highest BCUT2D eigenvalue weighted by atomic mass is 19.4. The second-order valence-corrected chi connectivity index (χ2v) is 4.28. The summed E-state index contributed by atoms with van der Waals surface area (Å²) < 4.78 is 50.7. The van der Waals surface area contributed by atoms with Crippen molar-refractivity contribution in [1.82, 2.24) is 0 Å². The average Bonchev–Trinajstić information content (AvgIpc) is 2.39. The van der Waals surface area contributed by atoms with E-state index in [1.807, 2.05) is 0 Å². The van der Waals surface area contributed by atoms with Crippen LogP contribution in [0.2, 0.25) is 0 Å². The second-order valence-electron chi connectivity index (χ2n) is 4.28. The molecule has 0 saturated carbocycles. The van der Waals surface area contributed by atoms with Gasteiger partial charge in [-0.2, -0.15) is 13.2 Å². The van der Waals surface area contributed by atoms with Crippen molar-refractivity contribution in [1.29, 1.82) is 0 Å². The number of nitrogen functional groups attached to an aromatic ring is 1. The number of alkyl halides is 3. The SMILES string of the molecule is Nc1ccc(F)cc1NCc1cccc(C(F)(F)F)c1. The van der Waals surface area contributed by atoms with Crippen LogP contribution in [0.5, 0.6) is 0 Å². The van der Waals surface area contributed by atoms with E-state index in [0.717, 1.165) is 12.1 Å². The zero-order valence-corrected chi connectivity index (χ0v) is 10.3. The van der Waals surface area contributed by atoms with Gasteiger partial charge in [-0.1, -0.05) is 12.1 Å². The molecular formula is C14H12F4N2. The van der Waals surface area contributed by atoms with E-state index in [2.05, 4.69) is 5.32 Å². The lowest BCUT2D eigenvalue weighted by molar-refractivity contribution is -0.137. The molecule has 0 heterocycles. The number of nitrogens with one attached hydrogen (secondary N) is 1. The summed E-state index contributed by atoms with van der Waals surface area (Å²) in [6, 6.07) is 8.73. The van der Waals surface area contributed by atoms with E-state index in [9.17, 15) is 17.6 Å². The molecule has 3 N–H and O–H groups in total. The quantitative estimate of drug-likeness (QED) is 0.659. The first-order chi connectivity index (χ1) is 9.36. The van der Waals surface area contributed by atoms with Gasteiger partial charge in [-0.15, -0.1) is 0 Å². The van der Waals surface area contributed by atoms with Gasteiger partial charge in [0.2, 0.25) is 0 Å². The molecule has 0 saturated heterocycles. The summed E-state index contributed by atoms with van der Waals surface area (Å²) in [7, 11) is 0. The lowest BCUT2D eigenvalue weighted by Gasteiger charge is -2.11. The molecule has 2 aromatic rings. The summed E-state index contributed by atoms with van der Waals surface area (Å²) >= 11 is 0. The predicted octanol–water partition coefficient (Wildman–Crippen LogP) is 4.04. The maximum absolute atomic E-state index is 13.0. The van der Waals surface area contributed by atoms with Crippen LogP contribution >= 0.6 is 0 Å². The predicted molar refractivity (Wildman–Crippen MR) is 69.6 cm³/mol. The van der Waals surface area contributed by atoms with Crippen molar-refractivity contribution in [3.8, 4) is 0 Å². The number of nitrogens with two attached hydrogens (primary N) is 1. The van der Waals surface area contributed by atoms with Gasteiger partial charge < -0.3 is 11.1 Å². The minimum atomic E-state index is -4.38. The standard InChI is InChI=1S/C14H12F4N2/c15-11-4-5-12(19)13(7-11)20-8-9-2-1-3-10(6-9)14(16,17)18/h1-7,20H,8,19H2. The van der Waals surface area contributed by atoms with Crippen molar-refractivity contribution in [2.75, 3.05) is 11.1 Å². The molecule has 0 spiro atoms. The van der Waals surface area contributed by atoms with E-state index < -0.39 is 17.6 Å². The van der Waals surface area contributed by atoms with Crippen molar-refractivity contribution in [2.45, 2.75) is 12.7 Å². The molecule has 0 fully saturated rings. The van der Waals surface area contributed by atoms with Crippen molar-refractivity contribution < 1.29 is 17.6 Å². The van der Waals surface area contributed by atoms with E-state index >= 15 is 0 Å². The summed E-state index contributed by atoms with van der Waals surface area (Å²) in [4.78, 5) is 0. The van der Waals surface area contributed by atoms with E-state index in [1.54, 1.807) is 6.07 Å². The second kappa shape index (κ2) is 5.40. The Labute approximate surface area is 113 Å². The minimum Gasteiger partial charge on any atom is -0.397 e. The van der Waals surface area contributed by atoms with Gasteiger partial charge in [0, 0.05) is 6.54 Å². The Morgan fingerprint density at radius 3 is 2.50 bits per heavy atom. The molecule has 0 aliphatic carbocycles. The number of anilines is 2. The normalized spacial score (nSPS) is 11.4. The van der Waals surface area contributed by atoms with E-state index in [-0.39, 0.29) is 6.54 Å². The Morgan fingerprint density at radius 2 is 1.80 bits per heavy atom. The van der Waals surface area contributed by atoms with Crippen molar-refractivity contribution in [3.05, 3.63) is 59.4 Å². The molecule has 2 nitrogen and oxygen atoms in total. The number of hydrogen-bond donors (Lipinski definition) is 2. The Kier molecular flexibility index (Phi) is 3.83. The Bertz CT molecular complexity index is 608. The molecule has 6 heteroatoms. The average molecular weight is 284 g/mol. The number of benzene rings is 2. The third kappa shape index (κ3) is 3.40. The summed E-state index contributed by atoms with van der Waals surface area (Å²) in [5.74, 6) is -0.467. The number of hydrogen-bond acceptors (Lipinski definition) is 2. The van der Waals surface area contributed by atoms with Crippen LogP contribution < -0.4 is 11.1 Å². The summed E-state index contributed by atoms with van der Waals surface area (Å²) in [5, 5.41) is 2.82. The Hall–Kier alpha value is -2.24. The minimum absolute atomic E-state index is 0.123. The molecular weight excluding hydrogens is 272 g/mol. The highest BCUT2D eigenvalue weighted by Gasteiger charge is 2.30. The fourth-order valence-corrected chi connectivity index (χ4v) is 1.74. The van der Waals surface area contributed by atoms with E-state index in [1.165, 1.54) is 24.3 Å². The van der Waals surface area contributed by atoms with Crippen LogP contribution in [0.3, 0.4) is 0 Å². The van der Waals surface area contributed by atoms with E-state index in [0.29, 0.717) is 16.9 Å². The van der Waals surface area contributed by atoms with Gasteiger partial charge in [0.1, 0.15) is 5.82 Å². The molecule has 0 amide bonds. The third-order valence-corrected chi connectivity index (χ3v) is 2.75. The van der Waals surface area contributed by atoms with Gasteiger partial charge in [-0.25, -0.2) is 4.39 Å². The number of rotatable bonds is 3. The van der Waals surface area contributed by atoms with Gasteiger partial charge >= 0.3 is 6.18 Å². The van der Waals surface area contributed by atoms with Crippen LogP contribution in [0, 0.1) is 5.82 Å². The monoisotopic (exact) mass is 284 g/mol. The van der Waals surface area contributed by atoms with Crippen LogP contribution in [-0.4, -0.2) is 0 Å². The Morgan fingerprint density at radius 1 is 1.05 bits per heavy atom. The zero-order chi connectivity index (χ0) is 14.8. The van der Waals surface area contributed by atoms with Gasteiger partial charge in [-0.3, -0.25) is 0 Å². The summed E-state index contributed by atoms with van der Waals surface area (Å²) in [5.41, 5.74) is 6.04. The largest absolute Gasteiger partial charge is 0.416 e. The lowest BCUT2D eigenvalue weighted by atomic mass is 10.1. The highest BCUT2D eigenvalue weighted by Crippen LogP contribution is 2.29. The van der Waals surface area contributed by atoms with Crippen LogP contribution in [0.25, 0.3) is 0 Å². The fraction of sp³-hybridized carbons (Fsp3) is 0.143. The first kappa shape index (κ1) is 14.2. The van der Waals surface area contributed by atoms with Gasteiger partial charge in [0.25, 0.3) is 0 Å². The molecule has 0 atom stereocenters. The fourth-order valence-electron chi connectivity index (χ4n) is 1.74. The third-order valence-electron chi connectivity index (χ3n) is 2.75. The molecule has 0 aromatic heterocycles. The van der Waals surface area contributed by atoms with Gasteiger partial charge in [-0.05, 0) is 35.9 Å². The molecule has 0 aliphatic rings. The Balaban J connectivity index is 2.13. The van der Waals surface area contributed by atoms with Gasteiger partial charge in [0.05, 0.1) is 16.9 Å². The van der Waals surface area contributed by atoms with E-state index in [4.69, 9.17) is 5.73 Å². The first-order valence-electron chi connectivity index (χ1n) is 5.81. The van der Waals surface area contributed by atoms with Crippen LogP contribution in [0.15, 0.2) is 42.5 Å². The first-order valence-corrected chi connectivity index (χ1v) is 5.81. The molecule has 20 heavy (non-hydrogen) atoms. The topological polar surface area (TPSA) is 38.0 Å². The van der Waals surface area contributed by atoms with Crippen LogP contribution in [-0.2, 0) is 12.7 Å². The molecule has 2 aromatic carbocycles. The lowest BCUT2D eigenvalue weighted by Crippen LogP contribution is -2.07. The maximum Gasteiger partial charge on any atom is 0.416 e. The zero-order valence-electron chi connectivity index (χ0n) is 10.3. The molecule has 2 rings (SSSR count). The van der Waals surface area contributed by atoms with Gasteiger partial charge in [0.15, 0.2) is 0 Å². The summed E-state index contributed by atoms with van der Waals surface area (Å²) in [6.07, 6.45) is -4.38. The maximum atomic E-state index is 13.0. The van der Waals surface area contributed by atoms with Crippen molar-refractivity contribution >= 4 is 11.4 Å². The van der Waals surface area contributed by atoms with Crippen molar-refractivity contribution in [2.24, 2.45) is 0 Å². The molecule has 0 unspecified atom stereocenters. The molecule has 106 valence electrons. The van der Waals surface area contributed by atoms with Crippen molar-refractivity contribution in [3.63, 3.8) is 0 Å². The molecule has 0 bridgehead atoms. The van der Waals surface area contributed by atoms with Crippen LogP contribution in [0.1, 0.15) is 11.1 Å². The highest BCUT2D eigenvalue weighted by molar-refractivity contribution is 5.65. The molecule has 0 radical (unpaired) electrons. The molecule has 0 aliphatic heterocycles. The summed E-state index contributed by atoms with van der Waals surface area (Å²) in [6.45, 7) is 0.123. The number of halogens is 4.